The van der Waals surface area contributed by atoms with Gasteiger partial charge in [0.05, 0.1) is 11.9 Å². The number of carbonyl (C=O) groups is 1. The van der Waals surface area contributed by atoms with Gasteiger partial charge in [0, 0.05) is 23.4 Å². The number of benzene rings is 2. The van der Waals surface area contributed by atoms with Crippen LogP contribution in [-0.4, -0.2) is 32.2 Å². The van der Waals surface area contributed by atoms with Crippen molar-refractivity contribution >= 4 is 28.4 Å². The first-order valence-electron chi connectivity index (χ1n) is 8.79. The van der Waals surface area contributed by atoms with E-state index in [-0.39, 0.29) is 0 Å². The minimum Gasteiger partial charge on any atom is -0.383 e. The van der Waals surface area contributed by atoms with Gasteiger partial charge in [-0.05, 0) is 24.3 Å². The zero-order chi connectivity index (χ0) is 19.5. The molecule has 140 valence electrons. The Morgan fingerprint density at radius 3 is 2.68 bits per heavy atom. The number of nitrogens with zero attached hydrogens (tertiary/aromatic N) is 4. The maximum Gasteiger partial charge on any atom is 0.248 e. The Hall–Kier alpha value is -3.94. The van der Waals surface area contributed by atoms with E-state index in [0.29, 0.717) is 41.2 Å². The number of para-hydroxylation sites is 1. The number of nitrogens with two attached hydrogens (primary N) is 2. The Kier molecular flexibility index (Phi) is 4.59. The molecule has 5 N–H and O–H groups in total. The molecular formula is C20H19N7O. The third kappa shape index (κ3) is 3.35. The molecule has 0 aliphatic rings. The average Bonchev–Trinajstić information content (AvgIpc) is 3.09. The molecule has 8 heteroatoms. The van der Waals surface area contributed by atoms with Crippen LogP contribution in [0.2, 0.25) is 0 Å². The van der Waals surface area contributed by atoms with Crippen molar-refractivity contribution in [1.29, 1.82) is 0 Å². The molecule has 0 fully saturated rings. The Morgan fingerprint density at radius 1 is 1.07 bits per heavy atom. The zero-order valence-corrected chi connectivity index (χ0v) is 15.0. The fourth-order valence-corrected chi connectivity index (χ4v) is 3.07. The predicted molar refractivity (Wildman–Crippen MR) is 109 cm³/mol. The highest BCUT2D eigenvalue weighted by Crippen LogP contribution is 2.30. The van der Waals surface area contributed by atoms with Gasteiger partial charge in [0.2, 0.25) is 5.91 Å². The van der Waals surface area contributed by atoms with Crippen molar-refractivity contribution in [2.75, 3.05) is 17.6 Å². The number of aromatic nitrogens is 4. The van der Waals surface area contributed by atoms with Crippen LogP contribution in [0.4, 0.5) is 11.5 Å². The highest BCUT2D eigenvalue weighted by atomic mass is 16.1. The van der Waals surface area contributed by atoms with Crippen LogP contribution in [0.25, 0.3) is 22.3 Å². The molecule has 0 spiro atoms. The van der Waals surface area contributed by atoms with Crippen molar-refractivity contribution in [3.8, 4) is 11.3 Å². The van der Waals surface area contributed by atoms with Crippen LogP contribution in [0.15, 0.2) is 60.9 Å². The molecule has 2 aromatic heterocycles. The second-order valence-corrected chi connectivity index (χ2v) is 6.27. The van der Waals surface area contributed by atoms with Crippen molar-refractivity contribution in [1.82, 2.24) is 19.7 Å². The number of nitrogens with one attached hydrogen (secondary N) is 1. The standard InChI is InChI=1S/C20H19N7O/c21-18-16-17(13-5-4-6-14(11-13)19(22)28)26-27(20(16)25-12-24-18)10-9-23-15-7-2-1-3-8-15/h1-8,11-12,23H,9-10H2,(H2,22,28)(H2,21,24,25). The molecule has 4 aromatic rings. The zero-order valence-electron chi connectivity index (χ0n) is 15.0. The number of fused-ring (bicyclic) bond motifs is 1. The number of hydrogen-bond donors (Lipinski definition) is 3. The molecule has 0 saturated carbocycles. The van der Waals surface area contributed by atoms with Gasteiger partial charge in [0.25, 0.3) is 0 Å². The van der Waals surface area contributed by atoms with Gasteiger partial charge in [-0.1, -0.05) is 30.3 Å². The van der Waals surface area contributed by atoms with Crippen LogP contribution in [0, 0.1) is 0 Å². The Balaban J connectivity index is 1.70. The first-order chi connectivity index (χ1) is 13.6. The molecule has 0 atom stereocenters. The fraction of sp³-hybridized carbons (Fsp3) is 0.100. The van der Waals surface area contributed by atoms with Gasteiger partial charge >= 0.3 is 0 Å². The molecule has 2 aromatic carbocycles. The highest BCUT2D eigenvalue weighted by Gasteiger charge is 2.17. The maximum absolute atomic E-state index is 11.5. The van der Waals surface area contributed by atoms with E-state index in [1.165, 1.54) is 6.33 Å². The molecular weight excluding hydrogens is 354 g/mol. The second kappa shape index (κ2) is 7.36. The molecule has 4 rings (SSSR count). The van der Waals surface area contributed by atoms with Crippen molar-refractivity contribution in [3.63, 3.8) is 0 Å². The van der Waals surface area contributed by atoms with Crippen LogP contribution in [0.3, 0.4) is 0 Å². The largest absolute Gasteiger partial charge is 0.383 e. The smallest absolute Gasteiger partial charge is 0.248 e. The summed E-state index contributed by atoms with van der Waals surface area (Å²) < 4.78 is 1.79. The van der Waals surface area contributed by atoms with Crippen LogP contribution < -0.4 is 16.8 Å². The summed E-state index contributed by atoms with van der Waals surface area (Å²) in [6.45, 7) is 1.24. The Bertz CT molecular complexity index is 1140. The van der Waals surface area contributed by atoms with E-state index in [1.54, 1.807) is 22.9 Å². The molecule has 2 heterocycles. The molecule has 1 amide bonds. The lowest BCUT2D eigenvalue weighted by Crippen LogP contribution is -2.12. The number of nitrogen functional groups attached to an aromatic ring is 1. The van der Waals surface area contributed by atoms with Crippen molar-refractivity contribution in [3.05, 3.63) is 66.5 Å². The van der Waals surface area contributed by atoms with Gasteiger partial charge < -0.3 is 16.8 Å². The van der Waals surface area contributed by atoms with Crippen molar-refractivity contribution in [2.24, 2.45) is 5.73 Å². The average molecular weight is 373 g/mol. The first-order valence-corrected chi connectivity index (χ1v) is 8.79. The van der Waals surface area contributed by atoms with Crippen molar-refractivity contribution in [2.45, 2.75) is 6.54 Å². The van der Waals surface area contributed by atoms with E-state index in [1.807, 2.05) is 36.4 Å². The van der Waals surface area contributed by atoms with E-state index >= 15 is 0 Å². The van der Waals surface area contributed by atoms with E-state index < -0.39 is 5.91 Å². The summed E-state index contributed by atoms with van der Waals surface area (Å²) >= 11 is 0. The molecule has 0 radical (unpaired) electrons. The number of hydrogen-bond acceptors (Lipinski definition) is 6. The third-order valence-electron chi connectivity index (χ3n) is 4.41. The summed E-state index contributed by atoms with van der Waals surface area (Å²) in [7, 11) is 0. The van der Waals surface area contributed by atoms with E-state index in [9.17, 15) is 4.79 Å². The lowest BCUT2D eigenvalue weighted by molar-refractivity contribution is 0.100. The van der Waals surface area contributed by atoms with E-state index in [0.717, 1.165) is 11.3 Å². The summed E-state index contributed by atoms with van der Waals surface area (Å²) in [5.74, 6) is -0.159. The van der Waals surface area contributed by atoms with Gasteiger partial charge in [-0.2, -0.15) is 5.10 Å². The van der Waals surface area contributed by atoms with Crippen LogP contribution in [0.1, 0.15) is 10.4 Å². The normalized spacial score (nSPS) is 10.9. The van der Waals surface area contributed by atoms with Crippen LogP contribution in [0.5, 0.6) is 0 Å². The monoisotopic (exact) mass is 373 g/mol. The third-order valence-corrected chi connectivity index (χ3v) is 4.41. The SMILES string of the molecule is NC(=O)c1cccc(-c2nn(CCNc3ccccc3)c3ncnc(N)c23)c1. The topological polar surface area (TPSA) is 125 Å². The maximum atomic E-state index is 11.5. The molecule has 0 aliphatic heterocycles. The molecule has 0 bridgehead atoms. The van der Waals surface area contributed by atoms with Crippen LogP contribution in [-0.2, 0) is 6.54 Å². The minimum atomic E-state index is -0.498. The fourth-order valence-electron chi connectivity index (χ4n) is 3.07. The number of amides is 1. The van der Waals surface area contributed by atoms with Crippen LogP contribution >= 0.6 is 0 Å². The summed E-state index contributed by atoms with van der Waals surface area (Å²) in [5.41, 5.74) is 15.0. The van der Waals surface area contributed by atoms with Gasteiger partial charge in [-0.25, -0.2) is 14.6 Å². The molecule has 0 unspecified atom stereocenters. The molecule has 8 nitrogen and oxygen atoms in total. The number of primary amides is 1. The van der Waals surface area contributed by atoms with Gasteiger partial charge in [-0.15, -0.1) is 0 Å². The molecule has 28 heavy (non-hydrogen) atoms. The quantitative estimate of drug-likeness (QED) is 0.476. The second-order valence-electron chi connectivity index (χ2n) is 6.27. The number of rotatable bonds is 6. The molecule has 0 aliphatic carbocycles. The lowest BCUT2D eigenvalue weighted by Gasteiger charge is -2.06. The van der Waals surface area contributed by atoms with E-state index in [4.69, 9.17) is 16.6 Å². The van der Waals surface area contributed by atoms with E-state index in [2.05, 4.69) is 15.3 Å². The minimum absolute atomic E-state index is 0.340. The van der Waals surface area contributed by atoms with Crippen molar-refractivity contribution < 1.29 is 4.79 Å². The Labute approximate surface area is 161 Å². The Morgan fingerprint density at radius 2 is 1.89 bits per heavy atom. The lowest BCUT2D eigenvalue weighted by atomic mass is 10.1. The number of anilines is 2. The number of carbonyl (C=O) groups excluding carboxylic acids is 1. The van der Waals surface area contributed by atoms with Gasteiger partial charge in [-0.3, -0.25) is 4.79 Å². The predicted octanol–water partition coefficient (Wildman–Crippen LogP) is 2.29. The summed E-state index contributed by atoms with van der Waals surface area (Å²) in [6, 6.07) is 16.9. The first kappa shape index (κ1) is 17.5. The van der Waals surface area contributed by atoms with Gasteiger partial charge in [0.15, 0.2) is 5.65 Å². The summed E-state index contributed by atoms with van der Waals surface area (Å²) in [5, 5.41) is 8.70. The summed E-state index contributed by atoms with van der Waals surface area (Å²) in [4.78, 5) is 20.0. The summed E-state index contributed by atoms with van der Waals surface area (Å²) in [6.07, 6.45) is 1.42. The van der Waals surface area contributed by atoms with Gasteiger partial charge in [0.1, 0.15) is 17.8 Å². The molecule has 0 saturated heterocycles. The highest BCUT2D eigenvalue weighted by molar-refractivity contribution is 6.00.